The maximum absolute atomic E-state index is 12.7. The van der Waals surface area contributed by atoms with E-state index in [1.54, 1.807) is 73.3 Å². The fourth-order valence-corrected chi connectivity index (χ4v) is 9.12. The maximum atomic E-state index is 12.7. The molecule has 0 saturated carbocycles. The molecule has 2 heterocycles. The number of nitrogens with zero attached hydrogens (tertiary/aromatic N) is 10. The predicted molar refractivity (Wildman–Crippen MR) is 256 cm³/mol. The normalized spacial score (nSPS) is 17.9. The number of ether oxygens (including phenoxy) is 2. The van der Waals surface area contributed by atoms with Crippen LogP contribution in [0, 0.1) is 0 Å². The number of hydrogen-bond acceptors (Lipinski definition) is 10. The van der Waals surface area contributed by atoms with Gasteiger partial charge in [0.05, 0.1) is 71.7 Å². The second kappa shape index (κ2) is 27.3. The molecule has 0 aromatic heterocycles. The average Bonchev–Trinajstić information content (AvgIpc) is 3.25. The van der Waals surface area contributed by atoms with E-state index in [-0.39, 0.29) is 68.5 Å². The molecule has 4 aromatic carbocycles. The molecule has 2 fully saturated rings. The number of piperazine rings is 2. The van der Waals surface area contributed by atoms with Crippen molar-refractivity contribution >= 4 is 103 Å². The summed E-state index contributed by atoms with van der Waals surface area (Å²) in [6, 6.07) is 22.9. The quantitative estimate of drug-likeness (QED) is 0.0459. The molecule has 2 aliphatic rings. The van der Waals surface area contributed by atoms with Crippen LogP contribution in [0.15, 0.2) is 90.0 Å². The first kappa shape index (κ1) is 56.6. The van der Waals surface area contributed by atoms with E-state index < -0.39 is 40.4 Å². The number of anilines is 2. The van der Waals surface area contributed by atoms with E-state index in [1.807, 2.05) is 35.2 Å². The molecular weight excluding hydrogens is 1010 g/mol. The van der Waals surface area contributed by atoms with E-state index in [2.05, 4.69) is 14.9 Å². The van der Waals surface area contributed by atoms with Crippen molar-refractivity contribution in [1.29, 1.82) is 0 Å². The largest absolute Gasteiger partial charge is 1.00 e. The number of carbonyl (C=O) groups is 2. The van der Waals surface area contributed by atoms with Gasteiger partial charge in [0, 0.05) is 57.7 Å². The van der Waals surface area contributed by atoms with Gasteiger partial charge in [-0.2, -0.15) is 8.42 Å². The Balaban J connectivity index is 0.000000327. The zero-order valence-electron chi connectivity index (χ0n) is 36.1. The Bertz CT molecular complexity index is 2460. The molecule has 2 saturated heterocycles. The summed E-state index contributed by atoms with van der Waals surface area (Å²) in [4.78, 5) is 37.0. The Morgan fingerprint density at radius 1 is 0.652 bits per heavy atom. The van der Waals surface area contributed by atoms with Crippen molar-refractivity contribution in [2.75, 3.05) is 68.6 Å². The number of carbonyl (C=O) groups excluding carboxylic acids is 2. The number of hydrogen-bond donors (Lipinski definition) is 0. The molecule has 66 heavy (non-hydrogen) atoms. The predicted octanol–water partition coefficient (Wildman–Crippen LogP) is 9.23. The second-order valence-corrected chi connectivity index (χ2v) is 18.2. The molecule has 0 unspecified atom stereocenters. The van der Waals surface area contributed by atoms with Crippen molar-refractivity contribution < 1.29 is 61.2 Å². The van der Waals surface area contributed by atoms with Crippen LogP contribution in [-0.4, -0.2) is 101 Å². The van der Waals surface area contributed by atoms with Gasteiger partial charge in [-0.15, -0.1) is 0 Å². The van der Waals surface area contributed by atoms with Gasteiger partial charge in [-0.25, -0.2) is 9.59 Å². The molecular formula is C41H43Cl6N10NaO7S. The molecule has 348 valence electrons. The van der Waals surface area contributed by atoms with Crippen LogP contribution in [0.5, 0.6) is 0 Å². The Morgan fingerprint density at radius 2 is 1.03 bits per heavy atom. The minimum absolute atomic E-state index is 0. The van der Waals surface area contributed by atoms with Gasteiger partial charge >= 0.3 is 41.7 Å². The van der Waals surface area contributed by atoms with Crippen LogP contribution < -0.4 is 39.4 Å². The Labute approximate surface area is 435 Å². The molecule has 0 bridgehead atoms. The van der Waals surface area contributed by atoms with E-state index in [0.717, 1.165) is 23.1 Å². The summed E-state index contributed by atoms with van der Waals surface area (Å²) in [5.74, 6) is 0. The topological polar surface area (TPSA) is 216 Å². The van der Waals surface area contributed by atoms with E-state index in [1.165, 1.54) is 9.81 Å². The van der Waals surface area contributed by atoms with E-state index in [0.29, 0.717) is 55.5 Å². The number of azide groups is 1. The molecule has 2 aliphatic heterocycles. The fourth-order valence-electron chi connectivity index (χ4n) is 7.45. The molecule has 0 radical (unpaired) electrons. The maximum Gasteiger partial charge on any atom is 1.00 e. The minimum atomic E-state index is -3.76. The van der Waals surface area contributed by atoms with Crippen LogP contribution in [0.3, 0.4) is 0 Å². The zero-order valence-corrected chi connectivity index (χ0v) is 43.4. The van der Waals surface area contributed by atoms with Crippen LogP contribution in [0.4, 0.5) is 21.0 Å². The summed E-state index contributed by atoms with van der Waals surface area (Å²) in [5, 5.41) is 6.86. The number of benzene rings is 4. The molecule has 0 aliphatic carbocycles. The average molecular weight is 1060 g/mol. The van der Waals surface area contributed by atoms with Gasteiger partial charge in [-0.3, -0.25) is 14.0 Å². The van der Waals surface area contributed by atoms with Gasteiger partial charge in [0.1, 0.15) is 0 Å². The Kier molecular flexibility index (Phi) is 23.4. The van der Waals surface area contributed by atoms with Crippen molar-refractivity contribution in [3.63, 3.8) is 0 Å². The van der Waals surface area contributed by atoms with Crippen LogP contribution in [0.2, 0.25) is 30.1 Å². The summed E-state index contributed by atoms with van der Waals surface area (Å²) in [6.45, 7) is 5.30. The molecule has 17 nitrogen and oxygen atoms in total. The molecule has 0 N–H and O–H groups in total. The fraction of sp³-hybridized carbons (Fsp3) is 0.366. The third-order valence-corrected chi connectivity index (χ3v) is 12.2. The van der Waals surface area contributed by atoms with Crippen LogP contribution in [-0.2, 0) is 23.8 Å². The standard InChI is InChI=1S/C21H23Cl3N2O5S.C20H20Cl3N5O2.N3.Na/c1-3-30-21(27)26-11-10-25(18-9-8-16(23)12-17(18)24)20(14-4-6-15(22)7-5-14)19(26)13-31-32(2,28)29;1-2-30-20(29)28-10-9-27(17-8-7-15(22)11-16(17)23)19(18(28)12-25-26-24)13-3-5-14(21)6-4-13;1-3-2;/h4-9,12,19-20H,3,10-11,13H2,1-2H3;3-8,11,18-19H,2,9-10,12H2,1H3;;/q;;-1;+1/t19-,20+;18-,19+;;/m11../s1. The monoisotopic (exact) mass is 1050 g/mol. The summed E-state index contributed by atoms with van der Waals surface area (Å²) in [5.41, 5.74) is 25.6. The third-order valence-electron chi connectivity index (χ3n) is 10.0. The summed E-state index contributed by atoms with van der Waals surface area (Å²) in [6.07, 6.45) is -0.0257. The first-order valence-electron chi connectivity index (χ1n) is 19.6. The molecule has 4 atom stereocenters. The second-order valence-electron chi connectivity index (χ2n) is 14.0. The van der Waals surface area contributed by atoms with Gasteiger partial charge in [-0.1, -0.05) is 99.0 Å². The number of amides is 2. The van der Waals surface area contributed by atoms with Crippen molar-refractivity contribution in [2.24, 2.45) is 5.11 Å². The van der Waals surface area contributed by atoms with Gasteiger partial charge < -0.3 is 35.2 Å². The van der Waals surface area contributed by atoms with E-state index in [9.17, 15) is 18.0 Å². The Morgan fingerprint density at radius 3 is 1.39 bits per heavy atom. The molecule has 0 spiro atoms. The number of rotatable bonds is 11. The summed E-state index contributed by atoms with van der Waals surface area (Å²) < 4.78 is 39.2. The molecule has 25 heteroatoms. The van der Waals surface area contributed by atoms with Gasteiger partial charge in [0.25, 0.3) is 10.1 Å². The Hall–Kier alpha value is -3.71. The first-order valence-corrected chi connectivity index (χ1v) is 23.7. The van der Waals surface area contributed by atoms with Gasteiger partial charge in [0.2, 0.25) is 0 Å². The summed E-state index contributed by atoms with van der Waals surface area (Å²) in [7, 11) is -3.76. The summed E-state index contributed by atoms with van der Waals surface area (Å²) >= 11 is 37.3. The SMILES string of the molecule is CCOC(=O)N1CCN(c2ccc(Cl)cc2Cl)[C@@H](c2ccc(Cl)cc2)[C@H]1CN=[N+]=[N-].CCOC(=O)N1CCN(c2ccc(Cl)cc2Cl)[C@@H](c2ccc(Cl)cc2)[C@H]1COS(C)(=O)=O.[N-]=[N+]=[N-].[Na+]. The van der Waals surface area contributed by atoms with Crippen molar-refractivity contribution in [1.82, 2.24) is 9.80 Å². The van der Waals surface area contributed by atoms with E-state index in [4.69, 9.17) is 99.9 Å². The van der Waals surface area contributed by atoms with Crippen LogP contribution >= 0.6 is 69.6 Å². The van der Waals surface area contributed by atoms with Crippen LogP contribution in [0.1, 0.15) is 37.1 Å². The zero-order chi connectivity index (χ0) is 47.8. The molecule has 4 aromatic rings. The van der Waals surface area contributed by atoms with Crippen molar-refractivity contribution in [3.8, 4) is 0 Å². The van der Waals surface area contributed by atoms with Gasteiger partial charge in [0.15, 0.2) is 0 Å². The van der Waals surface area contributed by atoms with Crippen molar-refractivity contribution in [2.45, 2.75) is 38.0 Å². The van der Waals surface area contributed by atoms with E-state index >= 15 is 0 Å². The molecule has 2 amide bonds. The third kappa shape index (κ3) is 15.7. The van der Waals surface area contributed by atoms with Gasteiger partial charge in [-0.05, 0) is 91.2 Å². The first-order chi connectivity index (χ1) is 31.0. The minimum Gasteiger partial charge on any atom is -0.450 e. The number of halogens is 6. The van der Waals surface area contributed by atoms with Crippen LogP contribution in [0.25, 0.3) is 26.4 Å². The molecule has 6 rings (SSSR count). The smallest absolute Gasteiger partial charge is 0.450 e. The van der Waals surface area contributed by atoms with Crippen molar-refractivity contribution in [3.05, 3.63) is 153 Å².